The molecule has 1 N–H and O–H groups in total. The summed E-state index contributed by atoms with van der Waals surface area (Å²) in [5.41, 5.74) is 3.57. The number of benzene rings is 4. The number of hydrogen-bond donors (Lipinski definition) is 1. The second kappa shape index (κ2) is 13.1. The number of nitrogens with one attached hydrogen (secondary N) is 1. The summed E-state index contributed by atoms with van der Waals surface area (Å²) in [4.78, 5) is 12.7. The van der Waals surface area contributed by atoms with Gasteiger partial charge in [-0.25, -0.2) is 0 Å². The summed E-state index contributed by atoms with van der Waals surface area (Å²) < 4.78 is 22.9. The number of carbonyl (C=O) groups excluding carboxylic acids is 1. The lowest BCUT2D eigenvalue weighted by molar-refractivity contribution is 0.0827. The zero-order valence-corrected chi connectivity index (χ0v) is 21.1. The van der Waals surface area contributed by atoms with Crippen LogP contribution in [0.1, 0.15) is 33.2 Å². The lowest BCUT2D eigenvalue weighted by atomic mass is 10.1. The van der Waals surface area contributed by atoms with Crippen LogP contribution in [0, 0.1) is 0 Å². The average Bonchev–Trinajstić information content (AvgIpc) is 2.96. The number of hydrogen-bond acceptors (Lipinski definition) is 5. The van der Waals surface area contributed by atoms with Crippen molar-refractivity contribution in [1.82, 2.24) is 5.32 Å². The Morgan fingerprint density at radius 1 is 0.730 bits per heavy atom. The van der Waals surface area contributed by atoms with Crippen LogP contribution in [0.2, 0.25) is 0 Å². The smallest absolute Gasteiger partial charge is 0.251 e. The molecule has 0 bridgehead atoms. The van der Waals surface area contributed by atoms with Crippen LogP contribution in [0.5, 0.6) is 17.2 Å². The second-order valence-corrected chi connectivity index (χ2v) is 8.42. The number of rotatable bonds is 12. The van der Waals surface area contributed by atoms with Gasteiger partial charge in [0, 0.05) is 19.2 Å². The molecule has 4 aromatic carbocycles. The first-order valence-electron chi connectivity index (χ1n) is 12.1. The fraction of sp³-hybridized carbons (Fsp3) is 0.194. The Balaban J connectivity index is 1.32. The molecule has 0 saturated carbocycles. The van der Waals surface area contributed by atoms with Crippen molar-refractivity contribution >= 4 is 5.91 Å². The largest absolute Gasteiger partial charge is 0.493 e. The van der Waals surface area contributed by atoms with Gasteiger partial charge in [0.05, 0.1) is 13.2 Å². The molecule has 4 aromatic rings. The Kier molecular flexibility index (Phi) is 9.16. The van der Waals surface area contributed by atoms with E-state index in [1.165, 1.54) is 0 Å². The molecule has 0 saturated heterocycles. The van der Waals surface area contributed by atoms with E-state index in [4.69, 9.17) is 18.9 Å². The van der Waals surface area contributed by atoms with Crippen molar-refractivity contribution in [2.24, 2.45) is 0 Å². The van der Waals surface area contributed by atoms with E-state index in [1.807, 2.05) is 78.9 Å². The van der Waals surface area contributed by atoms with Crippen molar-refractivity contribution < 1.29 is 23.7 Å². The van der Waals surface area contributed by atoms with Gasteiger partial charge in [0.15, 0.2) is 11.5 Å². The summed E-state index contributed by atoms with van der Waals surface area (Å²) in [5.74, 6) is 1.76. The average molecular weight is 498 g/mol. The minimum Gasteiger partial charge on any atom is -0.493 e. The molecule has 37 heavy (non-hydrogen) atoms. The zero-order valence-electron chi connectivity index (χ0n) is 21.1. The molecule has 0 spiro atoms. The van der Waals surface area contributed by atoms with E-state index >= 15 is 0 Å². The summed E-state index contributed by atoms with van der Waals surface area (Å²) >= 11 is 0. The normalized spacial score (nSPS) is 11.4. The Labute approximate surface area is 217 Å². The molecular weight excluding hydrogens is 466 g/mol. The van der Waals surface area contributed by atoms with Crippen molar-refractivity contribution in [3.8, 4) is 17.2 Å². The maximum Gasteiger partial charge on any atom is 0.251 e. The van der Waals surface area contributed by atoms with Crippen LogP contribution in [0.15, 0.2) is 103 Å². The molecule has 1 amide bonds. The van der Waals surface area contributed by atoms with E-state index in [2.05, 4.69) is 5.32 Å². The minimum absolute atomic E-state index is 0.188. The molecule has 0 aromatic heterocycles. The fourth-order valence-electron chi connectivity index (χ4n) is 3.81. The maximum atomic E-state index is 12.7. The number of methoxy groups -OCH3 is 2. The molecule has 6 nitrogen and oxygen atoms in total. The Morgan fingerprint density at radius 3 is 1.95 bits per heavy atom. The summed E-state index contributed by atoms with van der Waals surface area (Å²) in [6, 6.07) is 32.6. The van der Waals surface area contributed by atoms with E-state index in [-0.39, 0.29) is 12.0 Å². The number of amides is 1. The summed E-state index contributed by atoms with van der Waals surface area (Å²) in [7, 11) is 3.22. The first-order chi connectivity index (χ1) is 18.2. The van der Waals surface area contributed by atoms with E-state index in [1.54, 1.807) is 38.5 Å². The third-order valence-corrected chi connectivity index (χ3v) is 5.89. The van der Waals surface area contributed by atoms with Gasteiger partial charge in [0.25, 0.3) is 5.91 Å². The van der Waals surface area contributed by atoms with Crippen LogP contribution < -0.4 is 19.5 Å². The van der Waals surface area contributed by atoms with Crippen LogP contribution in [-0.4, -0.2) is 26.7 Å². The van der Waals surface area contributed by atoms with Gasteiger partial charge < -0.3 is 24.3 Å². The van der Waals surface area contributed by atoms with Gasteiger partial charge in [-0.3, -0.25) is 4.79 Å². The van der Waals surface area contributed by atoms with Gasteiger partial charge in [-0.1, -0.05) is 66.7 Å². The van der Waals surface area contributed by atoms with Crippen molar-refractivity contribution in [2.45, 2.75) is 19.3 Å². The Morgan fingerprint density at radius 2 is 1.35 bits per heavy atom. The Bertz CT molecular complexity index is 1260. The SMILES string of the molecule is COc1cc(C(CNC(=O)c2ccc(OCc3ccccc3)cc2)OC)ccc1OCc1ccccc1. The van der Waals surface area contributed by atoms with Crippen LogP contribution in [0.3, 0.4) is 0 Å². The molecule has 0 radical (unpaired) electrons. The van der Waals surface area contributed by atoms with Crippen LogP contribution in [0.4, 0.5) is 0 Å². The predicted octanol–water partition coefficient (Wildman–Crippen LogP) is 5.97. The van der Waals surface area contributed by atoms with Gasteiger partial charge in [-0.2, -0.15) is 0 Å². The third-order valence-electron chi connectivity index (χ3n) is 5.89. The molecule has 0 aliphatic rings. The van der Waals surface area contributed by atoms with Crippen molar-refractivity contribution in [3.63, 3.8) is 0 Å². The molecular formula is C31H31NO5. The minimum atomic E-state index is -0.352. The molecule has 0 fully saturated rings. The summed E-state index contributed by atoms with van der Waals surface area (Å²) in [5, 5.41) is 2.95. The standard InChI is InChI=1S/C31H31NO5/c1-34-29-19-26(15-18-28(29)37-22-24-11-7-4-8-12-24)30(35-2)20-32-31(33)25-13-16-27(17-14-25)36-21-23-9-5-3-6-10-23/h3-19,30H,20-22H2,1-2H3,(H,32,33). The van der Waals surface area contributed by atoms with Crippen molar-refractivity contribution in [3.05, 3.63) is 125 Å². The first-order valence-corrected chi connectivity index (χ1v) is 12.1. The molecule has 6 heteroatoms. The summed E-state index contributed by atoms with van der Waals surface area (Å²) in [6.07, 6.45) is -0.352. The second-order valence-electron chi connectivity index (χ2n) is 8.42. The lowest BCUT2D eigenvalue weighted by Crippen LogP contribution is -2.29. The summed E-state index contributed by atoms with van der Waals surface area (Å²) in [6.45, 7) is 1.22. The highest BCUT2D eigenvalue weighted by Gasteiger charge is 2.16. The van der Waals surface area contributed by atoms with Crippen LogP contribution >= 0.6 is 0 Å². The van der Waals surface area contributed by atoms with Gasteiger partial charge in [0.2, 0.25) is 0 Å². The van der Waals surface area contributed by atoms with E-state index in [0.29, 0.717) is 42.6 Å². The molecule has 4 rings (SSSR count). The quantitative estimate of drug-likeness (QED) is 0.261. The van der Waals surface area contributed by atoms with E-state index in [9.17, 15) is 4.79 Å². The van der Waals surface area contributed by atoms with Gasteiger partial charge in [-0.05, 0) is 53.1 Å². The van der Waals surface area contributed by atoms with Gasteiger partial charge in [-0.15, -0.1) is 0 Å². The predicted molar refractivity (Wildman–Crippen MR) is 143 cm³/mol. The van der Waals surface area contributed by atoms with Crippen molar-refractivity contribution in [2.75, 3.05) is 20.8 Å². The third kappa shape index (κ3) is 7.35. The molecule has 190 valence electrons. The topological polar surface area (TPSA) is 66.0 Å². The van der Waals surface area contributed by atoms with Gasteiger partial charge >= 0.3 is 0 Å². The highest BCUT2D eigenvalue weighted by atomic mass is 16.5. The zero-order chi connectivity index (χ0) is 25.9. The monoisotopic (exact) mass is 497 g/mol. The molecule has 0 aliphatic carbocycles. The molecule has 0 heterocycles. The van der Waals surface area contributed by atoms with E-state index in [0.717, 1.165) is 16.7 Å². The maximum absolute atomic E-state index is 12.7. The lowest BCUT2D eigenvalue weighted by Gasteiger charge is -2.19. The molecule has 1 atom stereocenters. The van der Waals surface area contributed by atoms with Crippen LogP contribution in [-0.2, 0) is 18.0 Å². The van der Waals surface area contributed by atoms with Gasteiger partial charge in [0.1, 0.15) is 19.0 Å². The highest BCUT2D eigenvalue weighted by Crippen LogP contribution is 2.31. The molecule has 0 aliphatic heterocycles. The van der Waals surface area contributed by atoms with Crippen LogP contribution in [0.25, 0.3) is 0 Å². The highest BCUT2D eigenvalue weighted by molar-refractivity contribution is 5.94. The first kappa shape index (κ1) is 25.8. The molecule has 1 unspecified atom stereocenters. The number of ether oxygens (including phenoxy) is 4. The van der Waals surface area contributed by atoms with E-state index < -0.39 is 0 Å². The number of carbonyl (C=O) groups is 1. The Hall–Kier alpha value is -4.29. The fourth-order valence-corrected chi connectivity index (χ4v) is 3.81. The van der Waals surface area contributed by atoms with Crippen molar-refractivity contribution in [1.29, 1.82) is 0 Å².